The van der Waals surface area contributed by atoms with Crippen molar-refractivity contribution in [3.05, 3.63) is 51.1 Å². The van der Waals surface area contributed by atoms with Gasteiger partial charge in [-0.3, -0.25) is 0 Å². The molecule has 1 aromatic carbocycles. The highest BCUT2D eigenvalue weighted by molar-refractivity contribution is 9.10. The molecule has 1 heterocycles. The minimum Gasteiger partial charge on any atom is -0.388 e. The number of nitrogens with one attached hydrogen (secondary N) is 1. The lowest BCUT2D eigenvalue weighted by molar-refractivity contribution is 0.173. The second-order valence-corrected chi connectivity index (χ2v) is 7.83. The third-order valence-corrected chi connectivity index (χ3v) is 5.68. The molecule has 0 spiro atoms. The summed E-state index contributed by atoms with van der Waals surface area (Å²) in [5.41, 5.74) is 0. The zero-order valence-electron chi connectivity index (χ0n) is 10.5. The van der Waals surface area contributed by atoms with Crippen LogP contribution >= 0.6 is 27.3 Å². The van der Waals surface area contributed by atoms with Crippen LogP contribution in [0.25, 0.3) is 0 Å². The maximum atomic E-state index is 12.0. The Morgan fingerprint density at radius 1 is 1.25 bits per heavy atom. The topological polar surface area (TPSA) is 66.4 Å². The van der Waals surface area contributed by atoms with Gasteiger partial charge in [0.1, 0.15) is 0 Å². The Bertz CT molecular complexity index is 639. The normalized spacial score (nSPS) is 13.3. The molecule has 0 aliphatic carbocycles. The summed E-state index contributed by atoms with van der Waals surface area (Å²) in [4.78, 5) is 1.05. The Kier molecular flexibility index (Phi) is 5.34. The number of hydrogen-bond donors (Lipinski definition) is 2. The second-order valence-electron chi connectivity index (χ2n) is 4.17. The van der Waals surface area contributed by atoms with Gasteiger partial charge < -0.3 is 5.11 Å². The Hall–Kier alpha value is -0.730. The average molecular weight is 376 g/mol. The molecule has 0 amide bonds. The Morgan fingerprint density at radius 2 is 1.95 bits per heavy atom. The van der Waals surface area contributed by atoms with E-state index in [9.17, 15) is 13.5 Å². The molecule has 0 fully saturated rings. The molecule has 1 atom stereocenters. The van der Waals surface area contributed by atoms with Gasteiger partial charge >= 0.3 is 0 Å². The standard InChI is InChI=1S/C13H14BrNO3S2/c14-10-3-5-11(6-4-10)20(17,18)15-8-7-12(16)13-2-1-9-19-13/h1-6,9,12,15-16H,7-8H2. The van der Waals surface area contributed by atoms with E-state index in [-0.39, 0.29) is 11.4 Å². The molecule has 2 rings (SSSR count). The monoisotopic (exact) mass is 375 g/mol. The quantitative estimate of drug-likeness (QED) is 0.815. The van der Waals surface area contributed by atoms with E-state index in [2.05, 4.69) is 20.7 Å². The predicted octanol–water partition coefficient (Wildman–Crippen LogP) is 2.91. The van der Waals surface area contributed by atoms with Crippen molar-refractivity contribution in [3.63, 3.8) is 0 Å². The smallest absolute Gasteiger partial charge is 0.240 e. The van der Waals surface area contributed by atoms with Gasteiger partial charge in [-0.05, 0) is 42.1 Å². The molecule has 4 nitrogen and oxygen atoms in total. The zero-order chi connectivity index (χ0) is 14.6. The van der Waals surface area contributed by atoms with E-state index in [1.165, 1.54) is 23.5 Å². The van der Waals surface area contributed by atoms with E-state index >= 15 is 0 Å². The number of hydrogen-bond acceptors (Lipinski definition) is 4. The van der Waals surface area contributed by atoms with E-state index in [0.717, 1.165) is 9.35 Å². The van der Waals surface area contributed by atoms with Crippen LogP contribution in [-0.4, -0.2) is 20.1 Å². The zero-order valence-corrected chi connectivity index (χ0v) is 13.7. The molecular formula is C13H14BrNO3S2. The fourth-order valence-corrected chi connectivity index (χ4v) is 3.71. The summed E-state index contributed by atoms with van der Waals surface area (Å²) in [5.74, 6) is 0. The number of aliphatic hydroxyl groups excluding tert-OH is 1. The van der Waals surface area contributed by atoms with Crippen LogP contribution in [0.1, 0.15) is 17.4 Å². The molecule has 2 N–H and O–H groups in total. The summed E-state index contributed by atoms with van der Waals surface area (Å²) in [6, 6.07) is 10.1. The first-order valence-corrected chi connectivity index (χ1v) is 9.11. The van der Waals surface area contributed by atoms with Crippen molar-refractivity contribution in [2.24, 2.45) is 0 Å². The number of sulfonamides is 1. The summed E-state index contributed by atoms with van der Waals surface area (Å²) < 4.78 is 27.3. The molecule has 20 heavy (non-hydrogen) atoms. The van der Waals surface area contributed by atoms with Crippen molar-refractivity contribution in [3.8, 4) is 0 Å². The Balaban J connectivity index is 1.91. The lowest BCUT2D eigenvalue weighted by Crippen LogP contribution is -2.25. The molecule has 2 aromatic rings. The van der Waals surface area contributed by atoms with Crippen LogP contribution in [0.3, 0.4) is 0 Å². The van der Waals surface area contributed by atoms with Crippen LogP contribution in [0.4, 0.5) is 0 Å². The van der Waals surface area contributed by atoms with Crippen LogP contribution in [-0.2, 0) is 10.0 Å². The van der Waals surface area contributed by atoms with Crippen molar-refractivity contribution < 1.29 is 13.5 Å². The highest BCUT2D eigenvalue weighted by atomic mass is 79.9. The van der Waals surface area contributed by atoms with Crippen LogP contribution in [0, 0.1) is 0 Å². The third-order valence-electron chi connectivity index (χ3n) is 2.71. The molecule has 7 heteroatoms. The van der Waals surface area contributed by atoms with Gasteiger partial charge in [-0.15, -0.1) is 11.3 Å². The van der Waals surface area contributed by atoms with Gasteiger partial charge in [0, 0.05) is 15.9 Å². The summed E-state index contributed by atoms with van der Waals surface area (Å²) in [6.45, 7) is 0.192. The van der Waals surface area contributed by atoms with Gasteiger partial charge in [0.25, 0.3) is 0 Å². The molecule has 1 unspecified atom stereocenters. The Morgan fingerprint density at radius 3 is 2.55 bits per heavy atom. The molecule has 0 aliphatic heterocycles. The van der Waals surface area contributed by atoms with Crippen molar-refractivity contribution in [1.29, 1.82) is 0 Å². The fraction of sp³-hybridized carbons (Fsp3) is 0.231. The minimum absolute atomic E-state index is 0.192. The van der Waals surface area contributed by atoms with E-state index in [0.29, 0.717) is 6.42 Å². The molecule has 0 bridgehead atoms. The molecule has 0 saturated carbocycles. The van der Waals surface area contributed by atoms with Gasteiger partial charge in [-0.1, -0.05) is 22.0 Å². The van der Waals surface area contributed by atoms with Gasteiger partial charge in [-0.25, -0.2) is 13.1 Å². The van der Waals surface area contributed by atoms with E-state index < -0.39 is 16.1 Å². The largest absolute Gasteiger partial charge is 0.388 e. The maximum Gasteiger partial charge on any atom is 0.240 e. The highest BCUT2D eigenvalue weighted by Gasteiger charge is 2.15. The molecule has 0 radical (unpaired) electrons. The number of halogens is 1. The minimum atomic E-state index is -3.52. The SMILES string of the molecule is O=S(=O)(NCCC(O)c1cccs1)c1ccc(Br)cc1. The van der Waals surface area contributed by atoms with Crippen molar-refractivity contribution in [2.75, 3.05) is 6.54 Å². The van der Waals surface area contributed by atoms with Gasteiger partial charge in [-0.2, -0.15) is 0 Å². The van der Waals surface area contributed by atoms with Crippen molar-refractivity contribution >= 4 is 37.3 Å². The number of aliphatic hydroxyl groups is 1. The molecule has 1 aromatic heterocycles. The van der Waals surface area contributed by atoms with Crippen LogP contribution in [0.15, 0.2) is 51.1 Å². The van der Waals surface area contributed by atoms with Crippen molar-refractivity contribution in [2.45, 2.75) is 17.4 Å². The first-order valence-electron chi connectivity index (χ1n) is 5.96. The highest BCUT2D eigenvalue weighted by Crippen LogP contribution is 2.21. The van der Waals surface area contributed by atoms with Crippen LogP contribution in [0.5, 0.6) is 0 Å². The Labute approximate surface area is 130 Å². The third kappa shape index (κ3) is 4.13. The summed E-state index contributed by atoms with van der Waals surface area (Å²) >= 11 is 4.71. The number of benzene rings is 1. The molecule has 108 valence electrons. The van der Waals surface area contributed by atoms with Crippen LogP contribution < -0.4 is 4.72 Å². The summed E-state index contributed by atoms with van der Waals surface area (Å²) in [7, 11) is -3.52. The predicted molar refractivity (Wildman–Crippen MR) is 83.2 cm³/mol. The van der Waals surface area contributed by atoms with Crippen LogP contribution in [0.2, 0.25) is 0 Å². The lowest BCUT2D eigenvalue weighted by Gasteiger charge is -2.10. The van der Waals surface area contributed by atoms with E-state index in [4.69, 9.17) is 0 Å². The van der Waals surface area contributed by atoms with Gasteiger partial charge in [0.05, 0.1) is 11.0 Å². The summed E-state index contributed by atoms with van der Waals surface area (Å²) in [6.07, 6.45) is -0.293. The van der Waals surface area contributed by atoms with Gasteiger partial charge in [0.15, 0.2) is 0 Å². The first kappa shape index (κ1) is 15.7. The summed E-state index contributed by atoms with van der Waals surface area (Å²) in [5, 5.41) is 11.8. The lowest BCUT2D eigenvalue weighted by atomic mass is 10.2. The van der Waals surface area contributed by atoms with Crippen molar-refractivity contribution in [1.82, 2.24) is 4.72 Å². The molecular weight excluding hydrogens is 362 g/mol. The first-order chi connectivity index (χ1) is 9.49. The second kappa shape index (κ2) is 6.82. The average Bonchev–Trinajstić information content (AvgIpc) is 2.93. The van der Waals surface area contributed by atoms with E-state index in [1.807, 2.05) is 17.5 Å². The fourth-order valence-electron chi connectivity index (χ4n) is 1.65. The molecule has 0 aliphatic rings. The molecule has 0 saturated heterocycles. The number of rotatable bonds is 6. The maximum absolute atomic E-state index is 12.0. The van der Waals surface area contributed by atoms with E-state index in [1.54, 1.807) is 12.1 Å². The van der Waals surface area contributed by atoms with Gasteiger partial charge in [0.2, 0.25) is 10.0 Å². The number of thiophene rings is 1.